The number of ketones is 1. The van der Waals surface area contributed by atoms with Crippen LogP contribution in [0.25, 0.3) is 0 Å². The number of ether oxygens (including phenoxy) is 2. The molecule has 2 aliphatic heterocycles. The van der Waals surface area contributed by atoms with Gasteiger partial charge in [0.2, 0.25) is 0 Å². The molecule has 0 spiro atoms. The van der Waals surface area contributed by atoms with Gasteiger partial charge in [-0.25, -0.2) is 0 Å². The number of aryl methyl sites for hydroxylation is 2. The molecule has 0 radical (unpaired) electrons. The second-order valence-corrected chi connectivity index (χ2v) is 17.7. The normalized spacial score (nSPS) is 28.9. The van der Waals surface area contributed by atoms with E-state index in [1.165, 1.54) is 5.56 Å². The van der Waals surface area contributed by atoms with Crippen LogP contribution < -0.4 is 0 Å². The standard InChI is InChI=1S/C18H25BO4P2.C18H23BO4P2/c2*20-13(7-6-12-4-2-1-3-5-12)8-9-14-15-10-18(21)22-16(15)11-17(14)23-19(24)25/h1-5,8-9,13-17,20H,6-7,10-11,24-25H2;1-5,8-9,14-17H,6-7,10-11,24-25H2/b2*9-8+/t13-,14-,15-,16+,17-;14-,15-,16+,17-/m11/s1. The van der Waals surface area contributed by atoms with E-state index in [1.807, 2.05) is 66.8 Å². The van der Waals surface area contributed by atoms with Crippen molar-refractivity contribution in [2.75, 3.05) is 0 Å². The predicted octanol–water partition coefficient (Wildman–Crippen LogP) is 5.42. The van der Waals surface area contributed by atoms with Crippen molar-refractivity contribution in [3.63, 3.8) is 0 Å². The maximum atomic E-state index is 12.2. The lowest BCUT2D eigenvalue weighted by molar-refractivity contribution is -0.142. The first-order valence-corrected chi connectivity index (χ1v) is 20.1. The lowest BCUT2D eigenvalue weighted by Crippen LogP contribution is -2.24. The van der Waals surface area contributed by atoms with E-state index < -0.39 is 6.10 Å². The van der Waals surface area contributed by atoms with Gasteiger partial charge in [0.15, 0.2) is 5.78 Å². The SMILES string of the molecule is O=C(/C=C/[C@@H]1[C@H]2CC(=O)O[C@H]2C[C@H]1OB(P)P)CCc1ccccc1.O=C1C[C@@H]2[C@@H](/C=C/[C@H](O)CCc3ccccc3)[C@H](OB(P)P)C[C@@H]2O1. The maximum absolute atomic E-state index is 12.2. The minimum Gasteiger partial charge on any atom is -0.462 e. The van der Waals surface area contributed by atoms with E-state index in [-0.39, 0.29) is 78.5 Å². The van der Waals surface area contributed by atoms with Crippen molar-refractivity contribution in [2.45, 2.75) is 81.9 Å². The van der Waals surface area contributed by atoms with Crippen molar-refractivity contribution in [3.05, 3.63) is 96.1 Å². The molecule has 4 fully saturated rings. The fraction of sp³-hybridized carbons (Fsp3) is 0.472. The molecule has 2 heterocycles. The molecule has 0 aromatic heterocycles. The van der Waals surface area contributed by atoms with Gasteiger partial charge in [0.05, 0.1) is 31.2 Å². The van der Waals surface area contributed by atoms with Crippen molar-refractivity contribution < 1.29 is 38.3 Å². The van der Waals surface area contributed by atoms with E-state index in [1.54, 1.807) is 6.08 Å². The molecule has 266 valence electrons. The zero-order valence-corrected chi connectivity index (χ0v) is 32.8. The summed E-state index contributed by atoms with van der Waals surface area (Å²) in [7, 11) is 10.4. The number of rotatable bonds is 14. The number of hydrogen-bond acceptors (Lipinski definition) is 8. The fourth-order valence-electron chi connectivity index (χ4n) is 7.55. The molecule has 4 aliphatic rings. The number of aliphatic hydroxyl groups excluding tert-OH is 1. The van der Waals surface area contributed by atoms with Crippen molar-refractivity contribution in [1.82, 2.24) is 0 Å². The number of carbonyl (C=O) groups excluding carboxylic acids is 3. The van der Waals surface area contributed by atoms with E-state index >= 15 is 0 Å². The third kappa shape index (κ3) is 11.6. The minimum atomic E-state index is -0.499. The highest BCUT2D eigenvalue weighted by molar-refractivity contribution is 7.92. The molecule has 4 unspecified atom stereocenters. The van der Waals surface area contributed by atoms with E-state index in [2.05, 4.69) is 48.6 Å². The van der Waals surface area contributed by atoms with Crippen molar-refractivity contribution in [2.24, 2.45) is 23.7 Å². The van der Waals surface area contributed by atoms with Gasteiger partial charge in [-0.15, -0.1) is 36.5 Å². The summed E-state index contributed by atoms with van der Waals surface area (Å²) >= 11 is 0. The molecule has 1 N–H and O–H groups in total. The second kappa shape index (κ2) is 19.4. The number of carbonyl (C=O) groups is 3. The molecule has 2 saturated carbocycles. The minimum absolute atomic E-state index is 0.0145. The van der Waals surface area contributed by atoms with Crippen molar-refractivity contribution in [1.29, 1.82) is 0 Å². The number of benzene rings is 2. The van der Waals surface area contributed by atoms with Crippen LogP contribution in [0.2, 0.25) is 0 Å². The Morgan fingerprint density at radius 1 is 0.780 bits per heavy atom. The third-order valence-corrected chi connectivity index (χ3v) is 10.5. The molecule has 0 bridgehead atoms. The first-order chi connectivity index (χ1) is 24.0. The summed E-state index contributed by atoms with van der Waals surface area (Å²) in [4.78, 5) is 35.4. The maximum Gasteiger partial charge on any atom is 0.336 e. The van der Waals surface area contributed by atoms with Crippen LogP contribution in [0.3, 0.4) is 0 Å². The number of esters is 2. The molecule has 2 aliphatic carbocycles. The molecule has 8 nitrogen and oxygen atoms in total. The lowest BCUT2D eigenvalue weighted by Gasteiger charge is -2.22. The summed E-state index contributed by atoms with van der Waals surface area (Å²) in [5.41, 5.74) is 2.38. The van der Waals surface area contributed by atoms with Crippen molar-refractivity contribution in [3.8, 4) is 0 Å². The number of fused-ring (bicyclic) bond motifs is 2. The molecule has 2 saturated heterocycles. The molecule has 6 rings (SSSR count). The van der Waals surface area contributed by atoms with Gasteiger partial charge in [-0.3, -0.25) is 14.4 Å². The quantitative estimate of drug-likeness (QED) is 0.0896. The van der Waals surface area contributed by atoms with Crippen LogP contribution in [0.5, 0.6) is 0 Å². The zero-order valence-electron chi connectivity index (χ0n) is 28.2. The van der Waals surface area contributed by atoms with E-state index in [4.69, 9.17) is 18.8 Å². The highest BCUT2D eigenvalue weighted by Gasteiger charge is 2.50. The first-order valence-electron chi connectivity index (χ1n) is 17.4. The molecule has 0 amide bonds. The average molecular weight is 754 g/mol. The van der Waals surface area contributed by atoms with Crippen LogP contribution in [0.1, 0.15) is 49.7 Å². The molecule has 2 aromatic rings. The smallest absolute Gasteiger partial charge is 0.336 e. The molecular formula is C36H48B2O8P4. The summed E-state index contributed by atoms with van der Waals surface area (Å²) in [6.07, 6.45) is 11.8. The number of aliphatic hydroxyl groups is 1. The van der Waals surface area contributed by atoms with Crippen LogP contribution in [-0.2, 0) is 46.0 Å². The van der Waals surface area contributed by atoms with Gasteiger partial charge in [0.25, 0.3) is 0 Å². The third-order valence-electron chi connectivity index (χ3n) is 9.90. The molecule has 50 heavy (non-hydrogen) atoms. The highest BCUT2D eigenvalue weighted by Crippen LogP contribution is 2.45. The Hall–Kier alpha value is -1.74. The molecule has 13 atom stereocenters. The van der Waals surface area contributed by atoms with E-state index in [0.717, 1.165) is 24.8 Å². The van der Waals surface area contributed by atoms with Gasteiger partial charge in [-0.1, -0.05) is 78.9 Å². The molecule has 14 heteroatoms. The average Bonchev–Trinajstić information content (AvgIpc) is 3.80. The summed E-state index contributed by atoms with van der Waals surface area (Å²) < 4.78 is 22.7. The van der Waals surface area contributed by atoms with Gasteiger partial charge < -0.3 is 23.9 Å². The van der Waals surface area contributed by atoms with Gasteiger partial charge in [-0.05, 0) is 36.5 Å². The monoisotopic (exact) mass is 754 g/mol. The summed E-state index contributed by atoms with van der Waals surface area (Å²) in [5.74, 6) is 0.255. The van der Waals surface area contributed by atoms with E-state index in [0.29, 0.717) is 32.1 Å². The number of hydrogen-bond donors (Lipinski definition) is 1. The van der Waals surface area contributed by atoms with Gasteiger partial charge in [0.1, 0.15) is 12.2 Å². The topological polar surface area (TPSA) is 108 Å². The van der Waals surface area contributed by atoms with Gasteiger partial charge in [-0.2, -0.15) is 0 Å². The van der Waals surface area contributed by atoms with Crippen molar-refractivity contribution >= 4 is 66.9 Å². The van der Waals surface area contributed by atoms with Crippen LogP contribution in [0, 0.1) is 23.7 Å². The molecular weight excluding hydrogens is 706 g/mol. The molecule has 2 aromatic carbocycles. The van der Waals surface area contributed by atoms with E-state index in [9.17, 15) is 19.5 Å². The Morgan fingerprint density at radius 2 is 1.26 bits per heavy atom. The Bertz CT molecular complexity index is 1480. The Balaban J connectivity index is 0.000000194. The number of allylic oxidation sites excluding steroid dienone is 1. The Labute approximate surface area is 305 Å². The zero-order chi connectivity index (χ0) is 35.6. The van der Waals surface area contributed by atoms with Crippen LogP contribution in [0.4, 0.5) is 0 Å². The lowest BCUT2D eigenvalue weighted by atomic mass is 9.91. The first kappa shape index (κ1) is 39.5. The second-order valence-electron chi connectivity index (χ2n) is 13.5. The summed E-state index contributed by atoms with van der Waals surface area (Å²) in [6.45, 7) is 0. The largest absolute Gasteiger partial charge is 0.462 e. The highest BCUT2D eigenvalue weighted by atomic mass is 31.1. The Morgan fingerprint density at radius 3 is 1.76 bits per heavy atom. The van der Waals surface area contributed by atoms with Crippen LogP contribution >= 0.6 is 36.5 Å². The van der Waals surface area contributed by atoms with Gasteiger partial charge >= 0.3 is 24.6 Å². The van der Waals surface area contributed by atoms with Crippen LogP contribution in [-0.4, -0.2) is 66.1 Å². The summed E-state index contributed by atoms with van der Waals surface area (Å²) in [5, 5.41) is 10.3. The summed E-state index contributed by atoms with van der Waals surface area (Å²) in [6, 6.07) is 20.1. The predicted molar refractivity (Wildman–Crippen MR) is 211 cm³/mol. The Kier molecular flexibility index (Phi) is 15.3. The van der Waals surface area contributed by atoms with Gasteiger partial charge in [0, 0.05) is 42.9 Å². The van der Waals surface area contributed by atoms with Crippen LogP contribution in [0.15, 0.2) is 85.0 Å². The fourth-order valence-corrected chi connectivity index (χ4v) is 8.36.